The van der Waals surface area contributed by atoms with Crippen LogP contribution in [0.4, 0.5) is 0 Å². The summed E-state index contributed by atoms with van der Waals surface area (Å²) in [5.74, 6) is 0. The van der Waals surface area contributed by atoms with E-state index in [2.05, 4.69) is 0 Å². The van der Waals surface area contributed by atoms with Gasteiger partial charge in [0.1, 0.15) is 4.34 Å². The number of hydrogen-bond acceptors (Lipinski definition) is 2. The molecule has 0 spiro atoms. The predicted molar refractivity (Wildman–Crippen MR) is 39.3 cm³/mol. The van der Waals surface area contributed by atoms with Crippen molar-refractivity contribution in [3.8, 4) is 0 Å². The van der Waals surface area contributed by atoms with E-state index < -0.39 is 0 Å². The highest BCUT2D eigenvalue weighted by Gasteiger charge is 1.96. The van der Waals surface area contributed by atoms with Gasteiger partial charge in [-0.05, 0) is 18.5 Å². The Labute approximate surface area is 61.8 Å². The van der Waals surface area contributed by atoms with Crippen LogP contribution in [0.15, 0.2) is 10.9 Å². The van der Waals surface area contributed by atoms with Crippen LogP contribution in [-0.4, -0.2) is 3.96 Å². The van der Waals surface area contributed by atoms with E-state index in [9.17, 15) is 4.79 Å². The average Bonchev–Trinajstić information content (AvgIpc) is 2.10. The van der Waals surface area contributed by atoms with Crippen molar-refractivity contribution < 1.29 is 0 Å². The second kappa shape index (κ2) is 2.54. The third kappa shape index (κ3) is 1.34. The van der Waals surface area contributed by atoms with E-state index >= 15 is 0 Å². The highest BCUT2D eigenvalue weighted by molar-refractivity contribution is 7.11. The fourth-order valence-electron chi connectivity index (χ4n) is 0.566. The molecule has 1 aromatic rings. The summed E-state index contributed by atoms with van der Waals surface area (Å²) < 4.78 is 2.16. The molecular weight excluding hydrogens is 158 g/mol. The van der Waals surface area contributed by atoms with Crippen molar-refractivity contribution in [2.24, 2.45) is 0 Å². The van der Waals surface area contributed by atoms with Gasteiger partial charge in [0.05, 0.1) is 0 Å². The first kappa shape index (κ1) is 6.83. The van der Waals surface area contributed by atoms with E-state index in [0.29, 0.717) is 10.9 Å². The van der Waals surface area contributed by atoms with E-state index in [1.165, 1.54) is 17.6 Å². The Balaban J connectivity index is 3.16. The molecule has 0 bridgehead atoms. The summed E-state index contributed by atoms with van der Waals surface area (Å²) >= 11 is 6.83. The smallest absolute Gasteiger partial charge is 0.262 e. The standard InChI is InChI=1S/C5H6ClNOS/c1-2-7-5(8)3-4(6)9-7/h3H,2H2,1H3. The van der Waals surface area contributed by atoms with Crippen molar-refractivity contribution in [1.82, 2.24) is 3.96 Å². The van der Waals surface area contributed by atoms with Crippen molar-refractivity contribution in [2.45, 2.75) is 13.5 Å². The fraction of sp³-hybridized carbons (Fsp3) is 0.400. The molecule has 1 aromatic heterocycles. The lowest BCUT2D eigenvalue weighted by molar-refractivity contribution is 0.810. The quantitative estimate of drug-likeness (QED) is 0.616. The Bertz CT molecular complexity index is 252. The minimum absolute atomic E-state index is 0.00694. The molecule has 1 rings (SSSR count). The molecule has 0 aliphatic carbocycles. The highest BCUT2D eigenvalue weighted by atomic mass is 35.5. The van der Waals surface area contributed by atoms with Crippen LogP contribution in [0.25, 0.3) is 0 Å². The van der Waals surface area contributed by atoms with Crippen LogP contribution in [0.5, 0.6) is 0 Å². The van der Waals surface area contributed by atoms with Crippen LogP contribution in [-0.2, 0) is 6.54 Å². The van der Waals surface area contributed by atoms with Gasteiger partial charge >= 0.3 is 0 Å². The molecule has 2 nitrogen and oxygen atoms in total. The van der Waals surface area contributed by atoms with Gasteiger partial charge in [0, 0.05) is 12.6 Å². The fourth-order valence-corrected chi connectivity index (χ4v) is 1.55. The Kier molecular flexibility index (Phi) is 1.93. The molecule has 0 N–H and O–H groups in total. The van der Waals surface area contributed by atoms with Crippen molar-refractivity contribution in [3.05, 3.63) is 20.8 Å². The summed E-state index contributed by atoms with van der Waals surface area (Å²) in [6, 6.07) is 1.43. The first-order valence-electron chi connectivity index (χ1n) is 2.60. The summed E-state index contributed by atoms with van der Waals surface area (Å²) in [4.78, 5) is 10.8. The highest BCUT2D eigenvalue weighted by Crippen LogP contribution is 2.11. The van der Waals surface area contributed by atoms with E-state index in [0.717, 1.165) is 0 Å². The maximum atomic E-state index is 10.8. The molecule has 0 atom stereocenters. The number of hydrogen-bond donors (Lipinski definition) is 0. The molecule has 0 saturated carbocycles. The Morgan fingerprint density at radius 3 is 2.78 bits per heavy atom. The molecule has 0 amide bonds. The topological polar surface area (TPSA) is 22.0 Å². The number of rotatable bonds is 1. The summed E-state index contributed by atoms with van der Waals surface area (Å²) in [6.45, 7) is 2.62. The van der Waals surface area contributed by atoms with Crippen molar-refractivity contribution >= 4 is 23.1 Å². The van der Waals surface area contributed by atoms with Crippen LogP contribution >= 0.6 is 23.1 Å². The van der Waals surface area contributed by atoms with Crippen LogP contribution < -0.4 is 5.56 Å². The maximum absolute atomic E-state index is 10.8. The summed E-state index contributed by atoms with van der Waals surface area (Å²) in [7, 11) is 0. The van der Waals surface area contributed by atoms with Gasteiger partial charge in [0.2, 0.25) is 0 Å². The van der Waals surface area contributed by atoms with Crippen molar-refractivity contribution in [2.75, 3.05) is 0 Å². The molecule has 0 fully saturated rings. The molecule has 0 radical (unpaired) electrons. The molecule has 1 heterocycles. The van der Waals surface area contributed by atoms with Crippen molar-refractivity contribution in [3.63, 3.8) is 0 Å². The van der Waals surface area contributed by atoms with Gasteiger partial charge in [0.25, 0.3) is 5.56 Å². The predicted octanol–water partition coefficient (Wildman–Crippen LogP) is 1.58. The SMILES string of the molecule is CCn1sc(Cl)cc1=O. The molecule has 0 aromatic carbocycles. The molecule has 0 aliphatic rings. The van der Waals surface area contributed by atoms with Gasteiger partial charge in [-0.3, -0.25) is 8.75 Å². The third-order valence-electron chi connectivity index (χ3n) is 0.967. The molecule has 9 heavy (non-hydrogen) atoms. The van der Waals surface area contributed by atoms with E-state index in [-0.39, 0.29) is 5.56 Å². The maximum Gasteiger partial charge on any atom is 0.262 e. The van der Waals surface area contributed by atoms with Crippen molar-refractivity contribution in [1.29, 1.82) is 0 Å². The second-order valence-electron chi connectivity index (χ2n) is 1.57. The molecular formula is C5H6ClNOS. The first-order chi connectivity index (χ1) is 4.24. The molecule has 50 valence electrons. The van der Waals surface area contributed by atoms with Gasteiger partial charge < -0.3 is 0 Å². The molecule has 0 saturated heterocycles. The van der Waals surface area contributed by atoms with E-state index in [1.54, 1.807) is 3.96 Å². The van der Waals surface area contributed by atoms with Crippen LogP contribution in [0, 0.1) is 0 Å². The summed E-state index contributed by atoms with van der Waals surface area (Å²) in [6.07, 6.45) is 0. The monoisotopic (exact) mass is 163 g/mol. The third-order valence-corrected chi connectivity index (χ3v) is 2.23. The zero-order chi connectivity index (χ0) is 6.85. The number of aryl methyl sites for hydroxylation is 1. The van der Waals surface area contributed by atoms with Crippen LogP contribution in [0.3, 0.4) is 0 Å². The number of halogens is 1. The Morgan fingerprint density at radius 2 is 2.56 bits per heavy atom. The summed E-state index contributed by atoms with van der Waals surface area (Å²) in [5, 5.41) is 0. The number of aromatic nitrogens is 1. The first-order valence-corrected chi connectivity index (χ1v) is 3.76. The van der Waals surface area contributed by atoms with Gasteiger partial charge in [-0.2, -0.15) is 0 Å². The zero-order valence-electron chi connectivity index (χ0n) is 4.93. The number of nitrogens with zero attached hydrogens (tertiary/aromatic N) is 1. The largest absolute Gasteiger partial charge is 0.268 e. The minimum Gasteiger partial charge on any atom is -0.268 e. The van der Waals surface area contributed by atoms with E-state index in [1.807, 2.05) is 6.92 Å². The lowest BCUT2D eigenvalue weighted by Crippen LogP contribution is -2.09. The second-order valence-corrected chi connectivity index (χ2v) is 3.27. The van der Waals surface area contributed by atoms with Gasteiger partial charge in [-0.1, -0.05) is 11.6 Å². The van der Waals surface area contributed by atoms with Gasteiger partial charge in [-0.25, -0.2) is 0 Å². The minimum atomic E-state index is -0.00694. The lowest BCUT2D eigenvalue weighted by atomic mass is 10.7. The van der Waals surface area contributed by atoms with E-state index in [4.69, 9.17) is 11.6 Å². The van der Waals surface area contributed by atoms with Gasteiger partial charge in [-0.15, -0.1) is 0 Å². The van der Waals surface area contributed by atoms with Gasteiger partial charge in [0.15, 0.2) is 0 Å². The Hall–Kier alpha value is -0.280. The molecule has 0 unspecified atom stereocenters. The summed E-state index contributed by atoms with van der Waals surface area (Å²) in [5.41, 5.74) is -0.00694. The molecule has 4 heteroatoms. The normalized spacial score (nSPS) is 10.0. The van der Waals surface area contributed by atoms with Crippen LogP contribution in [0.1, 0.15) is 6.92 Å². The van der Waals surface area contributed by atoms with Crippen LogP contribution in [0.2, 0.25) is 4.34 Å². The molecule has 0 aliphatic heterocycles. The average molecular weight is 164 g/mol. The zero-order valence-corrected chi connectivity index (χ0v) is 6.50. The lowest BCUT2D eigenvalue weighted by Gasteiger charge is -1.87. The Morgan fingerprint density at radius 1 is 1.89 bits per heavy atom.